The second kappa shape index (κ2) is 8.39. The number of hydrogen-bond acceptors (Lipinski definition) is 0. The van der Waals surface area contributed by atoms with E-state index in [1.807, 2.05) is 0 Å². The van der Waals surface area contributed by atoms with Gasteiger partial charge in [0.15, 0.2) is 0 Å². The first-order chi connectivity index (χ1) is 5.83. The molecule has 0 unspecified atom stereocenters. The van der Waals surface area contributed by atoms with E-state index < -0.39 is 12.6 Å². The highest BCUT2D eigenvalue weighted by atomic mass is 19.4. The van der Waals surface area contributed by atoms with Crippen LogP contribution >= 0.6 is 0 Å². The van der Waals surface area contributed by atoms with Crippen LogP contribution in [0.4, 0.5) is 13.2 Å². The van der Waals surface area contributed by atoms with E-state index in [4.69, 9.17) is 0 Å². The highest BCUT2D eigenvalue weighted by Gasteiger charge is 2.24. The average Bonchev–Trinajstić information content (AvgIpc) is 1.84. The van der Waals surface area contributed by atoms with Crippen LogP contribution in [0.2, 0.25) is 0 Å². The van der Waals surface area contributed by atoms with Crippen molar-refractivity contribution in [2.75, 3.05) is 0 Å². The number of alkyl halides is 3. The second-order valence-corrected chi connectivity index (χ2v) is 3.55. The van der Waals surface area contributed by atoms with Crippen LogP contribution in [-0.4, -0.2) is 6.18 Å². The summed E-state index contributed by atoms with van der Waals surface area (Å²) in [4.78, 5) is 0. The maximum atomic E-state index is 11.1. The summed E-state index contributed by atoms with van der Waals surface area (Å²) in [5, 5.41) is 0. The number of hydrogen-bond donors (Lipinski definition) is 0. The van der Waals surface area contributed by atoms with Crippen molar-refractivity contribution >= 4 is 0 Å². The van der Waals surface area contributed by atoms with E-state index in [9.17, 15) is 13.2 Å². The lowest BCUT2D eigenvalue weighted by molar-refractivity contribution is -0.134. The van der Waals surface area contributed by atoms with Crippen LogP contribution in [-0.2, 0) is 0 Å². The van der Waals surface area contributed by atoms with Crippen LogP contribution in [0.1, 0.15) is 53.4 Å². The minimum atomic E-state index is -3.95. The maximum absolute atomic E-state index is 11.1. The quantitative estimate of drug-likeness (QED) is 0.611. The normalized spacial score (nSPS) is 11.1. The third kappa shape index (κ3) is 24.5. The van der Waals surface area contributed by atoms with Gasteiger partial charge in [0.25, 0.3) is 0 Å². The maximum Gasteiger partial charge on any atom is 0.389 e. The zero-order valence-corrected chi connectivity index (χ0v) is 9.04. The summed E-state index contributed by atoms with van der Waals surface area (Å²) in [6, 6.07) is 0. The Kier molecular flexibility index (Phi) is 9.86. The molecule has 0 aliphatic rings. The van der Waals surface area contributed by atoms with E-state index in [1.165, 1.54) is 19.8 Å². The van der Waals surface area contributed by atoms with Crippen molar-refractivity contribution in [2.24, 2.45) is 5.92 Å². The van der Waals surface area contributed by atoms with Gasteiger partial charge in [-0.3, -0.25) is 0 Å². The van der Waals surface area contributed by atoms with Crippen molar-refractivity contribution in [3.05, 3.63) is 0 Å². The molecule has 0 N–H and O–H groups in total. The summed E-state index contributed by atoms with van der Waals surface area (Å²) >= 11 is 0. The molecule has 0 aromatic rings. The van der Waals surface area contributed by atoms with E-state index in [1.54, 1.807) is 0 Å². The lowest BCUT2D eigenvalue weighted by Gasteiger charge is -2.00. The molecule has 0 rings (SSSR count). The molecule has 0 aromatic heterocycles. The lowest BCUT2D eigenvalue weighted by Crippen LogP contribution is -2.04. The summed E-state index contributed by atoms with van der Waals surface area (Å²) in [6.45, 7) is 8.24. The van der Waals surface area contributed by atoms with Crippen LogP contribution < -0.4 is 0 Å². The Hall–Kier alpha value is -0.210. The Morgan fingerprint density at radius 2 is 1.46 bits per heavy atom. The number of rotatable bonds is 3. The van der Waals surface area contributed by atoms with Gasteiger partial charge in [0.2, 0.25) is 0 Å². The van der Waals surface area contributed by atoms with Crippen molar-refractivity contribution < 1.29 is 13.2 Å². The highest BCUT2D eigenvalue weighted by molar-refractivity contribution is 4.44. The first-order valence-corrected chi connectivity index (χ1v) is 4.90. The molecule has 0 aliphatic carbocycles. The largest absolute Gasteiger partial charge is 0.389 e. The Labute approximate surface area is 79.5 Å². The van der Waals surface area contributed by atoms with Gasteiger partial charge >= 0.3 is 6.18 Å². The Morgan fingerprint density at radius 1 is 1.00 bits per heavy atom. The van der Waals surface area contributed by atoms with Crippen LogP contribution in [0.3, 0.4) is 0 Å². The molecule has 0 spiro atoms. The molecule has 3 heteroatoms. The van der Waals surface area contributed by atoms with E-state index in [2.05, 4.69) is 20.8 Å². The summed E-state index contributed by atoms with van der Waals surface area (Å²) in [6.07, 6.45) is -1.72. The molecular formula is C10H21F3. The van der Waals surface area contributed by atoms with Gasteiger partial charge < -0.3 is 0 Å². The van der Waals surface area contributed by atoms with E-state index >= 15 is 0 Å². The fraction of sp³-hybridized carbons (Fsp3) is 1.00. The predicted octanol–water partition coefficient (Wildman–Crippen LogP) is 4.79. The molecule has 0 radical (unpaired) electrons. The van der Waals surface area contributed by atoms with Gasteiger partial charge in [-0.25, -0.2) is 0 Å². The van der Waals surface area contributed by atoms with Gasteiger partial charge in [0.1, 0.15) is 0 Å². The molecule has 0 aliphatic heterocycles. The minimum absolute atomic E-state index is 0.184. The Morgan fingerprint density at radius 3 is 1.46 bits per heavy atom. The minimum Gasteiger partial charge on any atom is -0.171 e. The van der Waals surface area contributed by atoms with Crippen LogP contribution in [0.5, 0.6) is 0 Å². The van der Waals surface area contributed by atoms with Gasteiger partial charge in [0, 0.05) is 6.42 Å². The molecular weight excluding hydrogens is 177 g/mol. The van der Waals surface area contributed by atoms with Crippen molar-refractivity contribution in [1.82, 2.24) is 0 Å². The Balaban J connectivity index is 0. The SMILES string of the molecule is CCCC(C)C.CCCC(F)(F)F. The summed E-state index contributed by atoms with van der Waals surface area (Å²) in [5.41, 5.74) is 0. The van der Waals surface area contributed by atoms with Crippen LogP contribution in [0, 0.1) is 5.92 Å². The van der Waals surface area contributed by atoms with Crippen molar-refractivity contribution in [2.45, 2.75) is 59.6 Å². The smallest absolute Gasteiger partial charge is 0.171 e. The second-order valence-electron chi connectivity index (χ2n) is 3.55. The van der Waals surface area contributed by atoms with Gasteiger partial charge in [-0.2, -0.15) is 13.2 Å². The fourth-order valence-corrected chi connectivity index (χ4v) is 0.861. The van der Waals surface area contributed by atoms with E-state index in [-0.39, 0.29) is 6.42 Å². The molecule has 13 heavy (non-hydrogen) atoms. The Bertz CT molecular complexity index is 94.8. The van der Waals surface area contributed by atoms with E-state index in [0.29, 0.717) is 0 Å². The zero-order chi connectivity index (χ0) is 10.9. The summed E-state index contributed by atoms with van der Waals surface area (Å²) in [7, 11) is 0. The van der Waals surface area contributed by atoms with Gasteiger partial charge in [-0.15, -0.1) is 0 Å². The lowest BCUT2D eigenvalue weighted by atomic mass is 10.1. The topological polar surface area (TPSA) is 0 Å². The van der Waals surface area contributed by atoms with Gasteiger partial charge in [-0.05, 0) is 12.3 Å². The van der Waals surface area contributed by atoms with Gasteiger partial charge in [-0.1, -0.05) is 40.5 Å². The van der Waals surface area contributed by atoms with Crippen LogP contribution in [0.25, 0.3) is 0 Å². The monoisotopic (exact) mass is 198 g/mol. The zero-order valence-electron chi connectivity index (χ0n) is 9.04. The molecule has 82 valence electrons. The summed E-state index contributed by atoms with van der Waals surface area (Å²) < 4.78 is 33.2. The highest BCUT2D eigenvalue weighted by Crippen LogP contribution is 2.20. The molecule has 0 heterocycles. The number of halogens is 3. The molecule has 0 saturated heterocycles. The van der Waals surface area contributed by atoms with Gasteiger partial charge in [0.05, 0.1) is 0 Å². The molecule has 0 fully saturated rings. The van der Waals surface area contributed by atoms with Crippen LogP contribution in [0.15, 0.2) is 0 Å². The summed E-state index contributed by atoms with van der Waals surface area (Å²) in [5.74, 6) is 0.898. The molecule has 0 atom stereocenters. The molecule has 0 aromatic carbocycles. The standard InChI is InChI=1S/C6H14.C4H7F3/c1-4-5-6(2)3;1-2-3-4(5,6)7/h6H,4-5H2,1-3H3;2-3H2,1H3. The van der Waals surface area contributed by atoms with Crippen molar-refractivity contribution in [1.29, 1.82) is 0 Å². The first kappa shape index (κ1) is 15.3. The fourth-order valence-electron chi connectivity index (χ4n) is 0.861. The van der Waals surface area contributed by atoms with Crippen molar-refractivity contribution in [3.63, 3.8) is 0 Å². The molecule has 0 bridgehead atoms. The van der Waals surface area contributed by atoms with Crippen molar-refractivity contribution in [3.8, 4) is 0 Å². The average molecular weight is 198 g/mol. The molecule has 0 saturated carbocycles. The molecule has 0 amide bonds. The predicted molar refractivity (Wildman–Crippen MR) is 50.7 cm³/mol. The van der Waals surface area contributed by atoms with E-state index in [0.717, 1.165) is 5.92 Å². The first-order valence-electron chi connectivity index (χ1n) is 4.90. The third-order valence-electron chi connectivity index (χ3n) is 1.40. The third-order valence-corrected chi connectivity index (χ3v) is 1.40. The molecule has 0 nitrogen and oxygen atoms in total.